The maximum absolute atomic E-state index is 12.8. The molecule has 26 heavy (non-hydrogen) atoms. The normalized spacial score (nSPS) is 15.2. The topological polar surface area (TPSA) is 70.6 Å². The van der Waals surface area contributed by atoms with Crippen LogP contribution in [0.4, 0.5) is 5.82 Å². The fourth-order valence-corrected chi connectivity index (χ4v) is 4.28. The van der Waals surface area contributed by atoms with E-state index < -0.39 is 9.84 Å². The van der Waals surface area contributed by atoms with Crippen molar-refractivity contribution < 1.29 is 13.2 Å². The Morgan fingerprint density at radius 1 is 1.12 bits per heavy atom. The van der Waals surface area contributed by atoms with E-state index in [2.05, 4.69) is 4.98 Å². The van der Waals surface area contributed by atoms with Gasteiger partial charge >= 0.3 is 0 Å². The number of halogens is 2. The molecule has 1 saturated heterocycles. The molecular formula is C17H17Cl2N3O3S. The third kappa shape index (κ3) is 3.95. The lowest BCUT2D eigenvalue weighted by atomic mass is 10.2. The average molecular weight is 414 g/mol. The summed E-state index contributed by atoms with van der Waals surface area (Å²) in [7, 11) is -3.48. The van der Waals surface area contributed by atoms with Gasteiger partial charge in [0.25, 0.3) is 5.91 Å². The molecule has 0 saturated carbocycles. The summed E-state index contributed by atoms with van der Waals surface area (Å²) >= 11 is 12.1. The van der Waals surface area contributed by atoms with Crippen LogP contribution in [0.1, 0.15) is 10.4 Å². The minimum absolute atomic E-state index is 0.0508. The van der Waals surface area contributed by atoms with Crippen molar-refractivity contribution in [1.82, 2.24) is 9.88 Å². The summed E-state index contributed by atoms with van der Waals surface area (Å²) < 4.78 is 23.9. The van der Waals surface area contributed by atoms with Gasteiger partial charge in [0.2, 0.25) is 0 Å². The Bertz CT molecular complexity index is 942. The van der Waals surface area contributed by atoms with Crippen molar-refractivity contribution in [2.45, 2.75) is 4.90 Å². The molecule has 0 bridgehead atoms. The van der Waals surface area contributed by atoms with Gasteiger partial charge in [-0.05, 0) is 18.2 Å². The molecule has 1 amide bonds. The van der Waals surface area contributed by atoms with E-state index in [4.69, 9.17) is 23.2 Å². The van der Waals surface area contributed by atoms with Crippen molar-refractivity contribution >= 4 is 44.8 Å². The highest BCUT2D eigenvalue weighted by atomic mass is 35.5. The zero-order valence-corrected chi connectivity index (χ0v) is 16.4. The van der Waals surface area contributed by atoms with Crippen molar-refractivity contribution in [2.24, 2.45) is 0 Å². The predicted octanol–water partition coefficient (Wildman–Crippen LogP) is 2.75. The number of hydrogen-bond donors (Lipinski definition) is 0. The number of pyridine rings is 1. The second-order valence-corrected chi connectivity index (χ2v) is 8.83. The molecule has 138 valence electrons. The maximum atomic E-state index is 12.8. The molecule has 2 aromatic rings. The Hall–Kier alpha value is -1.83. The van der Waals surface area contributed by atoms with E-state index >= 15 is 0 Å². The fourth-order valence-electron chi connectivity index (χ4n) is 2.90. The van der Waals surface area contributed by atoms with E-state index in [0.29, 0.717) is 42.0 Å². The summed E-state index contributed by atoms with van der Waals surface area (Å²) in [5, 5.41) is 0.921. The molecule has 1 aromatic heterocycles. The SMILES string of the molecule is CS(=O)(=O)c1ccccc1C(=O)N1CCN(c2ncc(Cl)cc2Cl)CC1. The van der Waals surface area contributed by atoms with E-state index in [-0.39, 0.29) is 16.4 Å². The third-order valence-electron chi connectivity index (χ3n) is 4.17. The Kier molecular flexibility index (Phi) is 5.41. The van der Waals surface area contributed by atoms with Crippen LogP contribution in [-0.2, 0) is 9.84 Å². The third-order valence-corrected chi connectivity index (χ3v) is 5.81. The van der Waals surface area contributed by atoms with Crippen LogP contribution in [-0.4, -0.2) is 56.6 Å². The van der Waals surface area contributed by atoms with E-state index in [9.17, 15) is 13.2 Å². The molecule has 0 aliphatic carbocycles. The minimum Gasteiger partial charge on any atom is -0.352 e. The van der Waals surface area contributed by atoms with Gasteiger partial charge in [0.1, 0.15) is 5.82 Å². The largest absolute Gasteiger partial charge is 0.352 e. The van der Waals surface area contributed by atoms with Gasteiger partial charge in [0.15, 0.2) is 9.84 Å². The number of anilines is 1. The van der Waals surface area contributed by atoms with Crippen LogP contribution in [0.2, 0.25) is 10.0 Å². The molecule has 0 spiro atoms. The van der Waals surface area contributed by atoms with Crippen LogP contribution >= 0.6 is 23.2 Å². The van der Waals surface area contributed by atoms with Crippen molar-refractivity contribution in [2.75, 3.05) is 37.3 Å². The number of carbonyl (C=O) groups is 1. The molecule has 6 nitrogen and oxygen atoms in total. The monoisotopic (exact) mass is 413 g/mol. The molecule has 1 aliphatic heterocycles. The van der Waals surface area contributed by atoms with Crippen molar-refractivity contribution in [3.63, 3.8) is 0 Å². The van der Waals surface area contributed by atoms with Crippen LogP contribution in [0.25, 0.3) is 0 Å². The quantitative estimate of drug-likeness (QED) is 0.773. The number of nitrogens with zero attached hydrogens (tertiary/aromatic N) is 3. The van der Waals surface area contributed by atoms with Crippen LogP contribution in [0.3, 0.4) is 0 Å². The van der Waals surface area contributed by atoms with Gasteiger partial charge in [0.05, 0.1) is 20.5 Å². The zero-order valence-electron chi connectivity index (χ0n) is 14.0. The van der Waals surface area contributed by atoms with Gasteiger partial charge in [-0.3, -0.25) is 4.79 Å². The number of sulfone groups is 1. The first-order chi connectivity index (χ1) is 12.3. The highest BCUT2D eigenvalue weighted by molar-refractivity contribution is 7.90. The standard InChI is InChI=1S/C17H17Cl2N3O3S/c1-26(24,25)15-5-3-2-4-13(15)17(23)22-8-6-21(7-9-22)16-14(19)10-12(18)11-20-16/h2-5,10-11H,6-9H2,1H3. The zero-order chi connectivity index (χ0) is 18.9. The number of amides is 1. The van der Waals surface area contributed by atoms with Crippen LogP contribution < -0.4 is 4.90 Å². The number of rotatable bonds is 3. The van der Waals surface area contributed by atoms with E-state index in [0.717, 1.165) is 6.26 Å². The molecule has 3 rings (SSSR count). The van der Waals surface area contributed by atoms with Crippen LogP contribution in [0.15, 0.2) is 41.4 Å². The Morgan fingerprint density at radius 2 is 1.77 bits per heavy atom. The lowest BCUT2D eigenvalue weighted by Gasteiger charge is -2.36. The van der Waals surface area contributed by atoms with Gasteiger partial charge in [-0.25, -0.2) is 13.4 Å². The number of piperazine rings is 1. The summed E-state index contributed by atoms with van der Waals surface area (Å²) in [6.07, 6.45) is 2.63. The maximum Gasteiger partial charge on any atom is 0.255 e. The van der Waals surface area contributed by atoms with Crippen molar-refractivity contribution in [1.29, 1.82) is 0 Å². The highest BCUT2D eigenvalue weighted by Gasteiger charge is 2.27. The summed E-state index contributed by atoms with van der Waals surface area (Å²) in [5.41, 5.74) is 0.200. The Balaban J connectivity index is 1.76. The number of hydrogen-bond acceptors (Lipinski definition) is 5. The average Bonchev–Trinajstić information content (AvgIpc) is 2.61. The fraction of sp³-hybridized carbons (Fsp3) is 0.294. The van der Waals surface area contributed by atoms with Gasteiger partial charge in [-0.2, -0.15) is 0 Å². The molecule has 0 N–H and O–H groups in total. The highest BCUT2D eigenvalue weighted by Crippen LogP contribution is 2.27. The lowest BCUT2D eigenvalue weighted by molar-refractivity contribution is 0.0742. The molecular weight excluding hydrogens is 397 g/mol. The van der Waals surface area contributed by atoms with E-state index in [1.54, 1.807) is 29.2 Å². The van der Waals surface area contributed by atoms with Crippen LogP contribution in [0, 0.1) is 0 Å². The van der Waals surface area contributed by atoms with E-state index in [1.807, 2.05) is 4.90 Å². The first-order valence-electron chi connectivity index (χ1n) is 7.92. The van der Waals surface area contributed by atoms with Gasteiger partial charge in [0, 0.05) is 38.6 Å². The number of carbonyl (C=O) groups excluding carboxylic acids is 1. The molecule has 1 aliphatic rings. The molecule has 0 atom stereocenters. The molecule has 1 fully saturated rings. The summed E-state index contributed by atoms with van der Waals surface area (Å²) in [6.45, 7) is 1.97. The Morgan fingerprint density at radius 3 is 2.38 bits per heavy atom. The predicted molar refractivity (Wildman–Crippen MR) is 102 cm³/mol. The summed E-state index contributed by atoms with van der Waals surface area (Å²) in [5.74, 6) is 0.334. The molecule has 9 heteroatoms. The van der Waals surface area contributed by atoms with Gasteiger partial charge in [-0.1, -0.05) is 35.3 Å². The summed E-state index contributed by atoms with van der Waals surface area (Å²) in [4.78, 5) is 20.7. The summed E-state index contributed by atoms with van der Waals surface area (Å²) in [6, 6.07) is 7.90. The first kappa shape index (κ1) is 18.9. The number of aromatic nitrogens is 1. The van der Waals surface area contributed by atoms with Crippen molar-refractivity contribution in [3.8, 4) is 0 Å². The molecule has 0 radical (unpaired) electrons. The van der Waals surface area contributed by atoms with E-state index in [1.165, 1.54) is 12.3 Å². The minimum atomic E-state index is -3.48. The van der Waals surface area contributed by atoms with Crippen LogP contribution in [0.5, 0.6) is 0 Å². The second-order valence-electron chi connectivity index (χ2n) is 6.01. The second kappa shape index (κ2) is 7.42. The smallest absolute Gasteiger partial charge is 0.255 e. The number of benzene rings is 1. The van der Waals surface area contributed by atoms with Crippen molar-refractivity contribution in [3.05, 3.63) is 52.1 Å². The van der Waals surface area contributed by atoms with Gasteiger partial charge < -0.3 is 9.80 Å². The lowest BCUT2D eigenvalue weighted by Crippen LogP contribution is -2.49. The molecule has 0 unspecified atom stereocenters. The first-order valence-corrected chi connectivity index (χ1v) is 10.6. The molecule has 1 aromatic carbocycles. The van der Waals surface area contributed by atoms with Gasteiger partial charge in [-0.15, -0.1) is 0 Å². The Labute approximate surface area is 162 Å². The molecule has 2 heterocycles.